The highest BCUT2D eigenvalue weighted by Gasteiger charge is 2.69. The van der Waals surface area contributed by atoms with E-state index >= 15 is 0 Å². The normalized spacial score (nSPS) is 29.5. The van der Waals surface area contributed by atoms with Crippen LogP contribution >= 0.6 is 0 Å². The quantitative estimate of drug-likeness (QED) is 0.259. The smallest absolute Gasteiger partial charge is 0.235 e. The van der Waals surface area contributed by atoms with Crippen molar-refractivity contribution in [3.63, 3.8) is 0 Å². The second-order valence-corrected chi connectivity index (χ2v) is 13.9. The number of carbonyl (C=O) groups is 5. The summed E-state index contributed by atoms with van der Waals surface area (Å²) in [5.41, 5.74) is 3.95. The molecule has 6 atom stereocenters. The maximum atomic E-state index is 14.4. The van der Waals surface area contributed by atoms with Crippen LogP contribution in [0.25, 0.3) is 11.3 Å². The van der Waals surface area contributed by atoms with Gasteiger partial charge in [-0.3, -0.25) is 38.7 Å². The number of aliphatic hydroxyl groups excluding tert-OH is 1. The number of benzene rings is 1. The summed E-state index contributed by atoms with van der Waals surface area (Å²) >= 11 is 0. The van der Waals surface area contributed by atoms with Gasteiger partial charge >= 0.3 is 0 Å². The number of phenolic OH excluding ortho intramolecular Hbond substituents is 1. The average Bonchev–Trinajstić information content (AvgIpc) is 3.47. The predicted molar refractivity (Wildman–Crippen MR) is 172 cm³/mol. The number of anilines is 1. The number of nitrogens with two attached hydrogens (primary N) is 1. The minimum Gasteiger partial charge on any atom is -0.506 e. The van der Waals surface area contributed by atoms with E-state index in [1.54, 1.807) is 45.2 Å². The lowest BCUT2D eigenvalue weighted by atomic mass is 9.52. The number of aromatic hydroxyl groups is 1. The minimum absolute atomic E-state index is 0.0188. The van der Waals surface area contributed by atoms with Crippen LogP contribution in [0.5, 0.6) is 5.75 Å². The lowest BCUT2D eigenvalue weighted by molar-refractivity contribution is -0.181. The molecule has 1 saturated heterocycles. The summed E-state index contributed by atoms with van der Waals surface area (Å²) in [4.78, 5) is 75.4. The monoisotopic (exact) mass is 665 g/mol. The minimum atomic E-state index is -2.78. The third-order valence-electron chi connectivity index (χ3n) is 10.7. The number of nitrogens with zero attached hydrogens (tertiary/aromatic N) is 4. The van der Waals surface area contributed by atoms with Crippen molar-refractivity contribution in [2.75, 3.05) is 72.4 Å². The number of carbonyl (C=O) groups excluding carboxylic acids is 5. The first-order valence-electron chi connectivity index (χ1n) is 16.3. The number of β-amino-alcohol motifs (C(OH)–C–C–N with tert-alkyl or cyclic N) is 1. The van der Waals surface area contributed by atoms with E-state index in [2.05, 4.69) is 9.80 Å². The predicted octanol–water partition coefficient (Wildman–Crippen LogP) is -0.697. The van der Waals surface area contributed by atoms with Crippen molar-refractivity contribution >= 4 is 34.7 Å². The van der Waals surface area contributed by atoms with Gasteiger partial charge in [-0.25, -0.2) is 0 Å². The molecule has 14 nitrogen and oxygen atoms in total. The lowest BCUT2D eigenvalue weighted by Gasteiger charge is -2.52. The number of piperazine rings is 1. The molecule has 258 valence electrons. The van der Waals surface area contributed by atoms with Crippen LogP contribution in [0.15, 0.2) is 22.6 Å². The lowest BCUT2D eigenvalue weighted by Crippen LogP contribution is -2.74. The molecule has 2 unspecified atom stereocenters. The zero-order chi connectivity index (χ0) is 34.8. The number of furan rings is 1. The van der Waals surface area contributed by atoms with Gasteiger partial charge in [0.05, 0.1) is 36.2 Å². The average molecular weight is 666 g/mol. The number of rotatable bonds is 8. The van der Waals surface area contributed by atoms with Crippen molar-refractivity contribution in [2.45, 2.75) is 31.0 Å². The molecule has 1 aromatic carbocycles. The molecule has 2 aromatic rings. The van der Waals surface area contributed by atoms with E-state index in [-0.39, 0.29) is 36.3 Å². The van der Waals surface area contributed by atoms with Crippen LogP contribution in [-0.2, 0) is 32.1 Å². The van der Waals surface area contributed by atoms with Crippen LogP contribution in [0, 0.1) is 23.7 Å². The Morgan fingerprint density at radius 3 is 2.31 bits per heavy atom. The Balaban J connectivity index is 1.36. The van der Waals surface area contributed by atoms with Crippen molar-refractivity contribution < 1.29 is 43.7 Å². The van der Waals surface area contributed by atoms with Crippen LogP contribution in [0.2, 0.25) is 0 Å². The van der Waals surface area contributed by atoms with Gasteiger partial charge in [-0.1, -0.05) is 0 Å². The number of aliphatic hydroxyl groups is 2. The second kappa shape index (κ2) is 12.5. The molecular weight excluding hydrogens is 622 g/mol. The van der Waals surface area contributed by atoms with Crippen molar-refractivity contribution in [3.05, 3.63) is 35.1 Å². The summed E-state index contributed by atoms with van der Waals surface area (Å²) in [6.07, 6.45) is 0.147. The number of hydrogen-bond acceptors (Lipinski definition) is 13. The largest absolute Gasteiger partial charge is 0.506 e. The Bertz CT molecular complexity index is 1680. The molecule has 2 saturated carbocycles. The van der Waals surface area contributed by atoms with E-state index in [1.807, 2.05) is 6.07 Å². The van der Waals surface area contributed by atoms with E-state index in [9.17, 15) is 39.3 Å². The fraction of sp³-hybridized carbons (Fsp3) is 0.559. The maximum Gasteiger partial charge on any atom is 0.235 e. The molecule has 48 heavy (non-hydrogen) atoms. The zero-order valence-corrected chi connectivity index (χ0v) is 27.6. The fourth-order valence-corrected chi connectivity index (χ4v) is 8.38. The molecule has 0 bridgehead atoms. The summed E-state index contributed by atoms with van der Waals surface area (Å²) in [5, 5.41) is 32.8. The standard InChI is InChI=1S/C34H43N5O9/c1-36(2)22-15-20(23-6-5-18(48-23)16-39-9-7-38(8-10-39)11-12-40)28(41)25-19(22)13-17-14-21-27(37(3)4)30(43)26(33(35)46)32(45)34(21,47)31(44)24(17)29(25)42/h5-6,15,17,21,24,26-27,40-41,47H,7-14,16H2,1-4H3,(H2,35,46)/t17-,21-,24?,26?,27-,34-/m0/s1. The van der Waals surface area contributed by atoms with Gasteiger partial charge in [0.25, 0.3) is 0 Å². The molecule has 2 heterocycles. The van der Waals surface area contributed by atoms with Gasteiger partial charge in [0.2, 0.25) is 5.91 Å². The number of fused-ring (bicyclic) bond motifs is 3. The number of hydrogen-bond donors (Lipinski definition) is 4. The summed E-state index contributed by atoms with van der Waals surface area (Å²) in [6, 6.07) is 4.12. The Morgan fingerprint density at radius 2 is 1.71 bits per heavy atom. The van der Waals surface area contributed by atoms with Gasteiger partial charge in [0.1, 0.15) is 17.3 Å². The Kier molecular flexibility index (Phi) is 8.83. The van der Waals surface area contributed by atoms with Crippen molar-refractivity contribution in [1.29, 1.82) is 0 Å². The van der Waals surface area contributed by atoms with Gasteiger partial charge in [-0.15, -0.1) is 0 Å². The Morgan fingerprint density at radius 1 is 1.04 bits per heavy atom. The first kappa shape index (κ1) is 33.9. The first-order valence-corrected chi connectivity index (χ1v) is 16.3. The highest BCUT2D eigenvalue weighted by atomic mass is 16.3. The number of phenols is 1. The number of primary amides is 1. The molecule has 0 radical (unpaired) electrons. The van der Waals surface area contributed by atoms with Crippen LogP contribution in [0.1, 0.15) is 28.1 Å². The first-order chi connectivity index (χ1) is 22.7. The van der Waals surface area contributed by atoms with E-state index < -0.39 is 64.4 Å². The molecule has 4 aliphatic rings. The third kappa shape index (κ3) is 5.26. The topological polar surface area (TPSA) is 198 Å². The van der Waals surface area contributed by atoms with E-state index in [0.717, 1.165) is 26.2 Å². The molecule has 1 amide bonds. The van der Waals surface area contributed by atoms with Crippen LogP contribution in [0.4, 0.5) is 5.69 Å². The van der Waals surface area contributed by atoms with E-state index in [1.165, 1.54) is 4.90 Å². The van der Waals surface area contributed by atoms with Crippen molar-refractivity contribution in [2.24, 2.45) is 29.4 Å². The summed E-state index contributed by atoms with van der Waals surface area (Å²) in [6.45, 7) is 4.54. The highest BCUT2D eigenvalue weighted by molar-refractivity contribution is 6.32. The number of likely N-dealkylation sites (N-methyl/N-ethyl adjacent to an activating group) is 1. The zero-order valence-electron chi connectivity index (χ0n) is 27.6. The Hall–Kier alpha value is -3.95. The van der Waals surface area contributed by atoms with Gasteiger partial charge in [0.15, 0.2) is 34.7 Å². The summed E-state index contributed by atoms with van der Waals surface area (Å²) in [7, 11) is 6.70. The number of Topliss-reactive ketones (excluding diaryl/α,β-unsaturated/α-hetero) is 4. The van der Waals surface area contributed by atoms with Crippen molar-refractivity contribution in [3.8, 4) is 17.1 Å². The molecule has 0 spiro atoms. The van der Waals surface area contributed by atoms with Gasteiger partial charge in [-0.05, 0) is 56.6 Å². The fourth-order valence-electron chi connectivity index (χ4n) is 8.38. The molecular formula is C34H43N5O9. The van der Waals surface area contributed by atoms with E-state index in [4.69, 9.17) is 10.2 Å². The molecule has 3 fully saturated rings. The molecule has 6 rings (SSSR count). The van der Waals surface area contributed by atoms with Crippen LogP contribution in [-0.4, -0.2) is 138 Å². The molecule has 14 heteroatoms. The molecule has 1 aliphatic heterocycles. The molecule has 1 aromatic heterocycles. The number of amides is 1. The van der Waals surface area contributed by atoms with Gasteiger partial charge in [0, 0.05) is 58.4 Å². The summed E-state index contributed by atoms with van der Waals surface area (Å²) < 4.78 is 6.18. The SMILES string of the molecule is CN(C)c1cc(-c2ccc(CN3CCN(CCO)CC3)o2)c(O)c2c1C[C@H]1C[C@H]3[C@H](N(C)C)C(=O)C(C(N)=O)C(=O)[C@@]3(O)C(=O)C1C2=O. The van der Waals surface area contributed by atoms with Gasteiger partial charge < -0.3 is 30.4 Å². The van der Waals surface area contributed by atoms with E-state index in [0.29, 0.717) is 35.9 Å². The van der Waals surface area contributed by atoms with Crippen LogP contribution < -0.4 is 10.6 Å². The summed E-state index contributed by atoms with van der Waals surface area (Å²) in [5.74, 6) is -9.91. The second-order valence-electron chi connectivity index (χ2n) is 13.9. The maximum absolute atomic E-state index is 14.4. The van der Waals surface area contributed by atoms with Crippen LogP contribution in [0.3, 0.4) is 0 Å². The molecule has 3 aliphatic carbocycles. The Labute approximate surface area is 278 Å². The molecule has 5 N–H and O–H groups in total. The number of ketones is 4. The van der Waals surface area contributed by atoms with Crippen molar-refractivity contribution in [1.82, 2.24) is 14.7 Å². The highest BCUT2D eigenvalue weighted by Crippen LogP contribution is 2.53. The third-order valence-corrected chi connectivity index (χ3v) is 10.7. The van der Waals surface area contributed by atoms with Gasteiger partial charge in [-0.2, -0.15) is 0 Å².